The van der Waals surface area contributed by atoms with Crippen molar-refractivity contribution in [1.82, 2.24) is 15.5 Å². The van der Waals surface area contributed by atoms with Crippen LogP contribution in [-0.2, 0) is 16.1 Å². The summed E-state index contributed by atoms with van der Waals surface area (Å²) in [6.45, 7) is 8.87. The highest BCUT2D eigenvalue weighted by molar-refractivity contribution is 5.68. The summed E-state index contributed by atoms with van der Waals surface area (Å²) in [6.07, 6.45) is 0.976. The maximum atomic E-state index is 11.9. The van der Waals surface area contributed by atoms with Gasteiger partial charge in [-0.05, 0) is 39.2 Å². The molecule has 0 unspecified atom stereocenters. The standard InChI is InChI=1S/C20H31N3O4/c1-20(2,3)27-18(24)21-11-14-23-12-9-17(10-13-23)22-19(25)26-15-16-7-5-4-6-8-16/h4-8,17H,9-15H2,1-3H3,(H,21,24)(H,22,25). The van der Waals surface area contributed by atoms with Crippen LogP contribution in [0.1, 0.15) is 39.2 Å². The molecule has 1 fully saturated rings. The van der Waals surface area contributed by atoms with E-state index in [1.165, 1.54) is 0 Å². The Morgan fingerprint density at radius 1 is 1.11 bits per heavy atom. The summed E-state index contributed by atoms with van der Waals surface area (Å²) in [6, 6.07) is 9.76. The molecule has 0 spiro atoms. The van der Waals surface area contributed by atoms with E-state index in [4.69, 9.17) is 9.47 Å². The average Bonchev–Trinajstić information content (AvgIpc) is 2.61. The molecule has 2 N–H and O–H groups in total. The molecule has 1 heterocycles. The van der Waals surface area contributed by atoms with Gasteiger partial charge in [-0.2, -0.15) is 0 Å². The Bertz CT molecular complexity index is 593. The van der Waals surface area contributed by atoms with Crippen molar-refractivity contribution in [3.05, 3.63) is 35.9 Å². The summed E-state index contributed by atoms with van der Waals surface area (Å²) in [4.78, 5) is 25.8. The second-order valence-electron chi connectivity index (χ2n) is 7.75. The number of rotatable bonds is 6. The van der Waals surface area contributed by atoms with Crippen molar-refractivity contribution >= 4 is 12.2 Å². The molecular formula is C20H31N3O4. The van der Waals surface area contributed by atoms with Crippen LogP contribution in [0.25, 0.3) is 0 Å². The van der Waals surface area contributed by atoms with Crippen LogP contribution >= 0.6 is 0 Å². The Morgan fingerprint density at radius 3 is 2.41 bits per heavy atom. The van der Waals surface area contributed by atoms with E-state index in [0.717, 1.165) is 38.0 Å². The predicted octanol–water partition coefficient (Wildman–Crippen LogP) is 2.90. The van der Waals surface area contributed by atoms with E-state index < -0.39 is 5.60 Å². The first kappa shape index (κ1) is 21.0. The predicted molar refractivity (Wildman–Crippen MR) is 103 cm³/mol. The van der Waals surface area contributed by atoms with Crippen LogP contribution in [0.2, 0.25) is 0 Å². The lowest BCUT2D eigenvalue weighted by Gasteiger charge is -2.32. The van der Waals surface area contributed by atoms with Gasteiger partial charge in [-0.1, -0.05) is 30.3 Å². The molecule has 0 atom stereocenters. The Kier molecular flexibility index (Phi) is 7.91. The Labute approximate surface area is 161 Å². The largest absolute Gasteiger partial charge is 0.445 e. The quantitative estimate of drug-likeness (QED) is 0.797. The van der Waals surface area contributed by atoms with Gasteiger partial charge in [0.25, 0.3) is 0 Å². The van der Waals surface area contributed by atoms with E-state index in [1.54, 1.807) is 0 Å². The molecular weight excluding hydrogens is 346 g/mol. The van der Waals surface area contributed by atoms with E-state index >= 15 is 0 Å². The number of nitrogens with zero attached hydrogens (tertiary/aromatic N) is 1. The number of nitrogens with one attached hydrogen (secondary N) is 2. The number of benzene rings is 1. The highest BCUT2D eigenvalue weighted by Crippen LogP contribution is 2.11. The number of alkyl carbamates (subject to hydrolysis) is 2. The van der Waals surface area contributed by atoms with Crippen molar-refractivity contribution < 1.29 is 19.1 Å². The molecule has 7 heteroatoms. The fourth-order valence-electron chi connectivity index (χ4n) is 2.86. The number of hydrogen-bond acceptors (Lipinski definition) is 5. The molecule has 2 rings (SSSR count). The lowest BCUT2D eigenvalue weighted by Crippen LogP contribution is -2.46. The number of likely N-dealkylation sites (tertiary alicyclic amines) is 1. The van der Waals surface area contributed by atoms with Crippen molar-refractivity contribution in [2.75, 3.05) is 26.2 Å². The van der Waals surface area contributed by atoms with E-state index in [2.05, 4.69) is 15.5 Å². The van der Waals surface area contributed by atoms with Gasteiger partial charge >= 0.3 is 12.2 Å². The Balaban J connectivity index is 1.57. The number of carbonyl (C=O) groups is 2. The SMILES string of the molecule is CC(C)(C)OC(=O)NCCN1CCC(NC(=O)OCc2ccccc2)CC1. The van der Waals surface area contributed by atoms with E-state index in [-0.39, 0.29) is 24.8 Å². The zero-order chi connectivity index (χ0) is 19.7. The molecule has 0 aromatic heterocycles. The summed E-state index contributed by atoms with van der Waals surface area (Å²) in [5.41, 5.74) is 0.489. The van der Waals surface area contributed by atoms with Crippen LogP contribution < -0.4 is 10.6 Å². The molecule has 1 saturated heterocycles. The van der Waals surface area contributed by atoms with E-state index in [0.29, 0.717) is 6.54 Å². The fraction of sp³-hybridized carbons (Fsp3) is 0.600. The first-order valence-electron chi connectivity index (χ1n) is 9.48. The van der Waals surface area contributed by atoms with Crippen LogP contribution in [0.4, 0.5) is 9.59 Å². The zero-order valence-electron chi connectivity index (χ0n) is 16.5. The molecule has 150 valence electrons. The summed E-state index contributed by atoms with van der Waals surface area (Å²) in [7, 11) is 0. The van der Waals surface area contributed by atoms with Crippen LogP contribution in [0.5, 0.6) is 0 Å². The van der Waals surface area contributed by atoms with Crippen LogP contribution in [0.3, 0.4) is 0 Å². The van der Waals surface area contributed by atoms with Crippen LogP contribution in [0, 0.1) is 0 Å². The van der Waals surface area contributed by atoms with Crippen molar-refractivity contribution in [3.8, 4) is 0 Å². The van der Waals surface area contributed by atoms with Crippen molar-refractivity contribution in [2.45, 2.75) is 51.9 Å². The molecule has 0 aliphatic carbocycles. The second kappa shape index (κ2) is 10.2. The Hall–Kier alpha value is -2.28. The maximum Gasteiger partial charge on any atom is 0.407 e. The van der Waals surface area contributed by atoms with Gasteiger partial charge in [0, 0.05) is 32.2 Å². The summed E-state index contributed by atoms with van der Waals surface area (Å²) in [5, 5.41) is 5.70. The average molecular weight is 377 g/mol. The zero-order valence-corrected chi connectivity index (χ0v) is 16.5. The van der Waals surface area contributed by atoms with Gasteiger partial charge in [-0.15, -0.1) is 0 Å². The highest BCUT2D eigenvalue weighted by Gasteiger charge is 2.21. The second-order valence-corrected chi connectivity index (χ2v) is 7.75. The number of carbonyl (C=O) groups excluding carboxylic acids is 2. The lowest BCUT2D eigenvalue weighted by atomic mass is 10.1. The highest BCUT2D eigenvalue weighted by atomic mass is 16.6. The minimum atomic E-state index is -0.483. The molecule has 27 heavy (non-hydrogen) atoms. The number of hydrogen-bond donors (Lipinski definition) is 2. The Morgan fingerprint density at radius 2 is 1.78 bits per heavy atom. The lowest BCUT2D eigenvalue weighted by molar-refractivity contribution is 0.0519. The number of ether oxygens (including phenoxy) is 2. The molecule has 2 amide bonds. The summed E-state index contributed by atoms with van der Waals surface area (Å²) in [5.74, 6) is 0. The number of amides is 2. The molecule has 1 aromatic carbocycles. The van der Waals surface area contributed by atoms with Gasteiger partial charge in [0.15, 0.2) is 0 Å². The molecule has 0 radical (unpaired) electrons. The minimum Gasteiger partial charge on any atom is -0.445 e. The fourth-order valence-corrected chi connectivity index (χ4v) is 2.86. The smallest absolute Gasteiger partial charge is 0.407 e. The molecule has 0 saturated carbocycles. The normalized spacial score (nSPS) is 15.8. The summed E-state index contributed by atoms with van der Waals surface area (Å²) < 4.78 is 10.5. The first-order chi connectivity index (χ1) is 12.8. The van der Waals surface area contributed by atoms with Crippen molar-refractivity contribution in [3.63, 3.8) is 0 Å². The van der Waals surface area contributed by atoms with Gasteiger partial charge in [-0.25, -0.2) is 9.59 Å². The minimum absolute atomic E-state index is 0.128. The third kappa shape index (κ3) is 8.77. The first-order valence-corrected chi connectivity index (χ1v) is 9.48. The third-order valence-corrected chi connectivity index (χ3v) is 4.22. The molecule has 1 aromatic rings. The van der Waals surface area contributed by atoms with Gasteiger partial charge in [0.1, 0.15) is 12.2 Å². The number of piperidine rings is 1. The molecule has 1 aliphatic heterocycles. The summed E-state index contributed by atoms with van der Waals surface area (Å²) >= 11 is 0. The van der Waals surface area contributed by atoms with E-state index in [9.17, 15) is 9.59 Å². The third-order valence-electron chi connectivity index (χ3n) is 4.22. The topological polar surface area (TPSA) is 79.9 Å². The van der Waals surface area contributed by atoms with Gasteiger partial charge in [0.05, 0.1) is 0 Å². The van der Waals surface area contributed by atoms with Crippen molar-refractivity contribution in [1.29, 1.82) is 0 Å². The maximum absolute atomic E-state index is 11.9. The van der Waals surface area contributed by atoms with Crippen LogP contribution in [-0.4, -0.2) is 54.9 Å². The molecule has 7 nitrogen and oxygen atoms in total. The molecule has 1 aliphatic rings. The van der Waals surface area contributed by atoms with Crippen LogP contribution in [0.15, 0.2) is 30.3 Å². The van der Waals surface area contributed by atoms with E-state index in [1.807, 2.05) is 51.1 Å². The molecule has 0 bridgehead atoms. The van der Waals surface area contributed by atoms with Crippen molar-refractivity contribution in [2.24, 2.45) is 0 Å². The van der Waals surface area contributed by atoms with Gasteiger partial charge < -0.3 is 25.0 Å². The van der Waals surface area contributed by atoms with Gasteiger partial charge in [-0.3, -0.25) is 0 Å². The van der Waals surface area contributed by atoms with Gasteiger partial charge in [0.2, 0.25) is 0 Å². The monoisotopic (exact) mass is 377 g/mol.